The first-order valence-electron chi connectivity index (χ1n) is 17.9. The molecule has 0 spiro atoms. The van der Waals surface area contributed by atoms with Crippen LogP contribution in [-0.4, -0.2) is 29.9 Å². The summed E-state index contributed by atoms with van der Waals surface area (Å²) in [7, 11) is 0. The average Bonchev–Trinajstić information content (AvgIpc) is 3.23. The number of anilines is 12. The largest absolute Gasteiger partial charge is 0.324 e. The molecule has 2 heterocycles. The van der Waals surface area contributed by atoms with Gasteiger partial charge in [0.2, 0.25) is 35.7 Å². The van der Waals surface area contributed by atoms with Crippen LogP contribution < -0.4 is 31.9 Å². The minimum Gasteiger partial charge on any atom is -0.324 e. The minimum atomic E-state index is 0.300. The molecule has 0 saturated carbocycles. The fourth-order valence-electron chi connectivity index (χ4n) is 5.62. The molecule has 0 aliphatic carbocycles. The maximum absolute atomic E-state index is 4.80. The Labute approximate surface area is 323 Å². The molecule has 8 rings (SSSR count). The van der Waals surface area contributed by atoms with Gasteiger partial charge in [0, 0.05) is 28.3 Å². The van der Waals surface area contributed by atoms with E-state index in [0.717, 1.165) is 33.9 Å². The summed E-state index contributed by atoms with van der Waals surface area (Å²) in [5.41, 5.74) is 6.58. The molecular formula is C44H36N12. The summed E-state index contributed by atoms with van der Waals surface area (Å²) in [6, 6.07) is 55.0. The van der Waals surface area contributed by atoms with Gasteiger partial charge in [0.15, 0.2) is 0 Å². The number of rotatable bonds is 14. The second-order valence-corrected chi connectivity index (χ2v) is 12.3. The van der Waals surface area contributed by atoms with Gasteiger partial charge in [0.1, 0.15) is 0 Å². The Hall–Kier alpha value is -8.12. The maximum atomic E-state index is 4.80. The molecule has 8 aromatic rings. The van der Waals surface area contributed by atoms with Crippen LogP contribution in [0.1, 0.15) is 11.1 Å². The number of hydrogen-bond acceptors (Lipinski definition) is 12. The average molecular weight is 733 g/mol. The zero-order valence-corrected chi connectivity index (χ0v) is 30.0. The van der Waals surface area contributed by atoms with Gasteiger partial charge >= 0.3 is 0 Å². The van der Waals surface area contributed by atoms with Crippen LogP contribution in [0.15, 0.2) is 170 Å². The van der Waals surface area contributed by atoms with Gasteiger partial charge in [-0.05, 0) is 60.2 Å². The molecule has 0 saturated heterocycles. The molecule has 56 heavy (non-hydrogen) atoms. The second kappa shape index (κ2) is 17.1. The topological polar surface area (TPSA) is 150 Å². The summed E-state index contributed by atoms with van der Waals surface area (Å²) >= 11 is 0. The monoisotopic (exact) mass is 732 g/mol. The summed E-state index contributed by atoms with van der Waals surface area (Å²) in [4.78, 5) is 28.5. The zero-order valence-electron chi connectivity index (χ0n) is 30.0. The third-order valence-corrected chi connectivity index (χ3v) is 8.23. The van der Waals surface area contributed by atoms with Crippen molar-refractivity contribution in [1.29, 1.82) is 0 Å². The Balaban J connectivity index is 1.19. The normalized spacial score (nSPS) is 10.8. The standard InChI is InChI=1S/C44H36N12/c1-6-17-31(18-7-1)29-30-32-19-16-28-37(49-43-53-39(45-33-20-8-2-9-21-33)51-40(54-43)46-34-22-10-3-11-23-34)38(32)50-44-55-41(47-35-24-12-4-13-25-35)52-42(56-44)48-36-26-14-5-15-27-36/h1-30H,(H3,45,46,49,51,53,54)(H3,47,48,50,52,55,56). The molecule has 0 fully saturated rings. The molecule has 6 aromatic carbocycles. The predicted molar refractivity (Wildman–Crippen MR) is 227 cm³/mol. The van der Waals surface area contributed by atoms with Crippen LogP contribution >= 0.6 is 0 Å². The van der Waals surface area contributed by atoms with Gasteiger partial charge in [-0.25, -0.2) is 0 Å². The lowest BCUT2D eigenvalue weighted by Gasteiger charge is -2.17. The van der Waals surface area contributed by atoms with Crippen molar-refractivity contribution in [2.24, 2.45) is 0 Å². The van der Waals surface area contributed by atoms with E-state index < -0.39 is 0 Å². The van der Waals surface area contributed by atoms with Crippen LogP contribution in [0.2, 0.25) is 0 Å². The van der Waals surface area contributed by atoms with E-state index in [0.29, 0.717) is 47.1 Å². The van der Waals surface area contributed by atoms with E-state index in [9.17, 15) is 0 Å². The molecule has 0 bridgehead atoms. The smallest absolute Gasteiger partial charge is 0.233 e. The molecule has 272 valence electrons. The van der Waals surface area contributed by atoms with Crippen molar-refractivity contribution in [1.82, 2.24) is 29.9 Å². The molecule has 0 amide bonds. The van der Waals surface area contributed by atoms with Crippen LogP contribution in [0.3, 0.4) is 0 Å². The maximum Gasteiger partial charge on any atom is 0.233 e. The highest BCUT2D eigenvalue weighted by molar-refractivity contribution is 5.87. The number of benzene rings is 6. The fraction of sp³-hybridized carbons (Fsp3) is 0. The van der Waals surface area contributed by atoms with E-state index in [-0.39, 0.29) is 0 Å². The first-order chi connectivity index (χ1) is 27.7. The van der Waals surface area contributed by atoms with Crippen LogP contribution in [0.25, 0.3) is 12.2 Å². The molecule has 12 nitrogen and oxygen atoms in total. The van der Waals surface area contributed by atoms with Crippen LogP contribution in [0, 0.1) is 0 Å². The molecule has 0 aliphatic heterocycles. The third kappa shape index (κ3) is 9.45. The van der Waals surface area contributed by atoms with Gasteiger partial charge in [-0.15, -0.1) is 0 Å². The summed E-state index contributed by atoms with van der Waals surface area (Å²) in [5.74, 6) is 2.01. The van der Waals surface area contributed by atoms with Crippen molar-refractivity contribution >= 4 is 82.0 Å². The Bertz CT molecular complexity index is 2400. The highest BCUT2D eigenvalue weighted by Crippen LogP contribution is 2.33. The molecule has 0 unspecified atom stereocenters. The second-order valence-electron chi connectivity index (χ2n) is 12.3. The highest BCUT2D eigenvalue weighted by atomic mass is 15.3. The van der Waals surface area contributed by atoms with E-state index in [1.54, 1.807) is 0 Å². The van der Waals surface area contributed by atoms with Gasteiger partial charge in [0.25, 0.3) is 0 Å². The minimum absolute atomic E-state index is 0.300. The van der Waals surface area contributed by atoms with Gasteiger partial charge < -0.3 is 31.9 Å². The molecule has 2 aromatic heterocycles. The number of para-hydroxylation sites is 5. The molecule has 0 radical (unpaired) electrons. The van der Waals surface area contributed by atoms with Crippen molar-refractivity contribution in [2.75, 3.05) is 31.9 Å². The number of hydrogen-bond donors (Lipinski definition) is 6. The molecule has 12 heteroatoms. The fourth-order valence-corrected chi connectivity index (χ4v) is 5.62. The van der Waals surface area contributed by atoms with Crippen molar-refractivity contribution in [2.45, 2.75) is 0 Å². The van der Waals surface area contributed by atoms with Gasteiger partial charge in [0.05, 0.1) is 11.4 Å². The predicted octanol–water partition coefficient (Wildman–Crippen LogP) is 10.7. The van der Waals surface area contributed by atoms with Crippen molar-refractivity contribution in [3.05, 3.63) is 181 Å². The summed E-state index contributed by atoms with van der Waals surface area (Å²) in [5, 5.41) is 20.2. The Morgan fingerprint density at radius 1 is 0.286 bits per heavy atom. The first kappa shape index (κ1) is 34.9. The van der Waals surface area contributed by atoms with Crippen LogP contribution in [0.5, 0.6) is 0 Å². The van der Waals surface area contributed by atoms with E-state index in [4.69, 9.17) is 19.9 Å². The number of nitrogens with zero attached hydrogens (tertiary/aromatic N) is 6. The van der Waals surface area contributed by atoms with E-state index in [1.165, 1.54) is 0 Å². The van der Waals surface area contributed by atoms with Gasteiger partial charge in [-0.2, -0.15) is 29.9 Å². The third-order valence-electron chi connectivity index (χ3n) is 8.23. The first-order valence-corrected chi connectivity index (χ1v) is 17.9. The lowest BCUT2D eigenvalue weighted by atomic mass is 10.1. The van der Waals surface area contributed by atoms with E-state index in [2.05, 4.69) is 47.9 Å². The summed E-state index contributed by atoms with van der Waals surface area (Å²) < 4.78 is 0. The number of nitrogens with one attached hydrogen (secondary N) is 6. The van der Waals surface area contributed by atoms with Gasteiger partial charge in [-0.1, -0.05) is 127 Å². The molecule has 0 atom stereocenters. The van der Waals surface area contributed by atoms with Crippen molar-refractivity contribution in [3.63, 3.8) is 0 Å². The molecule has 0 aliphatic rings. The van der Waals surface area contributed by atoms with Crippen molar-refractivity contribution in [3.8, 4) is 0 Å². The lowest BCUT2D eigenvalue weighted by molar-refractivity contribution is 1.06. The Morgan fingerprint density at radius 3 is 1.02 bits per heavy atom. The molecular weight excluding hydrogens is 697 g/mol. The highest BCUT2D eigenvalue weighted by Gasteiger charge is 2.15. The number of aromatic nitrogens is 6. The van der Waals surface area contributed by atoms with Crippen LogP contribution in [0.4, 0.5) is 69.8 Å². The zero-order chi connectivity index (χ0) is 37.8. The van der Waals surface area contributed by atoms with E-state index in [1.807, 2.05) is 176 Å². The van der Waals surface area contributed by atoms with Crippen molar-refractivity contribution < 1.29 is 0 Å². The summed E-state index contributed by atoms with van der Waals surface area (Å²) in [6.07, 6.45) is 4.09. The quantitative estimate of drug-likeness (QED) is 0.0591. The Kier molecular flexibility index (Phi) is 10.7. The summed E-state index contributed by atoms with van der Waals surface area (Å²) in [6.45, 7) is 0. The Morgan fingerprint density at radius 2 is 0.625 bits per heavy atom. The molecule has 6 N–H and O–H groups in total. The SMILES string of the molecule is C(=Cc1cccc(Nc2nc(Nc3ccccc3)nc(Nc3ccccc3)n2)c1Nc1nc(Nc2ccccc2)nc(Nc2ccccc2)n1)c1ccccc1. The van der Waals surface area contributed by atoms with Gasteiger partial charge in [-0.3, -0.25) is 0 Å². The van der Waals surface area contributed by atoms with E-state index >= 15 is 0 Å². The van der Waals surface area contributed by atoms with Crippen LogP contribution in [-0.2, 0) is 0 Å². The lowest BCUT2D eigenvalue weighted by Crippen LogP contribution is -2.10.